The maximum Gasteiger partial charge on any atom is 0.303 e. The van der Waals surface area contributed by atoms with Crippen LogP contribution in [0.15, 0.2) is 29.3 Å². The number of nitrogens with two attached hydrogens (primary N) is 1. The van der Waals surface area contributed by atoms with Gasteiger partial charge in [0.15, 0.2) is 0 Å². The van der Waals surface area contributed by atoms with Gasteiger partial charge in [0.1, 0.15) is 10.8 Å². The van der Waals surface area contributed by atoms with Crippen molar-refractivity contribution in [3.05, 3.63) is 44.9 Å². The Bertz CT molecular complexity index is 1180. The lowest BCUT2D eigenvalue weighted by atomic mass is 10.0. The van der Waals surface area contributed by atoms with E-state index in [9.17, 15) is 13.2 Å². The molecule has 2 saturated heterocycles. The van der Waals surface area contributed by atoms with Crippen molar-refractivity contribution in [3.8, 4) is 0 Å². The topological polar surface area (TPSA) is 127 Å². The van der Waals surface area contributed by atoms with E-state index in [0.717, 1.165) is 25.6 Å². The number of pyridine rings is 1. The first-order valence-corrected chi connectivity index (χ1v) is 15.3. The maximum atomic E-state index is 13.0. The van der Waals surface area contributed by atoms with Crippen LogP contribution < -0.4 is 20.5 Å². The van der Waals surface area contributed by atoms with Crippen LogP contribution in [0.3, 0.4) is 0 Å². The fraction of sp³-hybridized carbons (Fsp3) is 0.640. The second-order valence-electron chi connectivity index (χ2n) is 9.25. The van der Waals surface area contributed by atoms with Gasteiger partial charge in [-0.15, -0.1) is 0 Å². The third kappa shape index (κ3) is 8.76. The molecule has 2 aromatic rings. The lowest BCUT2D eigenvalue weighted by Gasteiger charge is -2.34. The molecule has 2 fully saturated rings. The quantitative estimate of drug-likeness (QED) is 0.530. The van der Waals surface area contributed by atoms with Crippen molar-refractivity contribution in [2.45, 2.75) is 45.6 Å². The summed E-state index contributed by atoms with van der Waals surface area (Å²) in [6.07, 6.45) is 6.19. The molecule has 0 aliphatic carbocycles. The molecule has 2 aliphatic rings. The minimum absolute atomic E-state index is 0.0786. The molecule has 0 spiro atoms. The Morgan fingerprint density at radius 2 is 1.77 bits per heavy atom. The standard InChI is InChI=1S/C17H22Cl2N6O3S.C6H13NO.C2H6/c1-22(2)15-5-4-13(10-20-15)23(3)29(27,28)24-8-6-12(7-9-24)25-17(26)16(19)14(18)11-21-25;7-4-6-2-1-3-8-5-6;1-2/h4-5,10-12H,6-9H2,1-3H3;6H,1-5,7H2;1-2H3. The molecule has 4 heterocycles. The number of ether oxygens (including phenoxy) is 1. The fourth-order valence-corrected chi connectivity index (χ4v) is 5.78. The highest BCUT2D eigenvalue weighted by molar-refractivity contribution is 7.90. The Morgan fingerprint density at radius 1 is 1.10 bits per heavy atom. The zero-order chi connectivity index (χ0) is 29.2. The minimum Gasteiger partial charge on any atom is -0.381 e. The molecule has 39 heavy (non-hydrogen) atoms. The fourth-order valence-electron chi connectivity index (χ4n) is 4.13. The van der Waals surface area contributed by atoms with Gasteiger partial charge in [-0.05, 0) is 50.3 Å². The van der Waals surface area contributed by atoms with Crippen molar-refractivity contribution in [1.82, 2.24) is 19.1 Å². The van der Waals surface area contributed by atoms with Gasteiger partial charge < -0.3 is 15.4 Å². The van der Waals surface area contributed by atoms with Crippen LogP contribution in [-0.4, -0.2) is 81.5 Å². The first kappa shape index (κ1) is 33.2. The molecule has 4 rings (SSSR count). The van der Waals surface area contributed by atoms with Gasteiger partial charge in [-0.1, -0.05) is 37.0 Å². The number of nitrogens with zero attached hydrogens (tertiary/aromatic N) is 6. The molecule has 2 N–H and O–H groups in total. The summed E-state index contributed by atoms with van der Waals surface area (Å²) in [6, 6.07) is 3.23. The monoisotopic (exact) mass is 605 g/mol. The lowest BCUT2D eigenvalue weighted by Crippen LogP contribution is -2.47. The average Bonchev–Trinajstić information content (AvgIpc) is 2.97. The van der Waals surface area contributed by atoms with Gasteiger partial charge in [-0.2, -0.15) is 17.8 Å². The lowest BCUT2D eigenvalue weighted by molar-refractivity contribution is 0.0580. The molecule has 0 aromatic carbocycles. The summed E-state index contributed by atoms with van der Waals surface area (Å²) < 4.78 is 35.1. The van der Waals surface area contributed by atoms with Gasteiger partial charge in [0.25, 0.3) is 5.56 Å². The Balaban J connectivity index is 0.000000451. The normalized spacial score (nSPS) is 18.3. The third-order valence-electron chi connectivity index (χ3n) is 6.48. The summed E-state index contributed by atoms with van der Waals surface area (Å²) in [6.45, 7) is 7.14. The van der Waals surface area contributed by atoms with Crippen LogP contribution >= 0.6 is 23.2 Å². The van der Waals surface area contributed by atoms with Gasteiger partial charge >= 0.3 is 10.2 Å². The second-order valence-corrected chi connectivity index (χ2v) is 12.0. The predicted molar refractivity (Wildman–Crippen MR) is 158 cm³/mol. The molecule has 2 aliphatic heterocycles. The molecule has 1 unspecified atom stereocenters. The van der Waals surface area contributed by atoms with Crippen LogP contribution in [0.4, 0.5) is 11.5 Å². The first-order valence-electron chi connectivity index (χ1n) is 13.1. The predicted octanol–water partition coefficient (Wildman–Crippen LogP) is 3.43. The molecule has 0 radical (unpaired) electrons. The number of hydrogen-bond donors (Lipinski definition) is 1. The third-order valence-corrected chi connectivity index (χ3v) is 9.15. The van der Waals surface area contributed by atoms with Gasteiger partial charge in [0.2, 0.25) is 0 Å². The van der Waals surface area contributed by atoms with E-state index in [1.165, 1.54) is 45.6 Å². The molecule has 220 valence electrons. The Morgan fingerprint density at radius 3 is 2.26 bits per heavy atom. The highest BCUT2D eigenvalue weighted by atomic mass is 35.5. The maximum absolute atomic E-state index is 13.0. The van der Waals surface area contributed by atoms with E-state index in [1.807, 2.05) is 32.8 Å². The summed E-state index contributed by atoms with van der Waals surface area (Å²) >= 11 is 11.7. The summed E-state index contributed by atoms with van der Waals surface area (Å²) in [5.41, 5.74) is 5.43. The number of aromatic nitrogens is 3. The SMILES string of the molecule is CC.CN(C)c1ccc(N(C)S(=O)(=O)N2CCC(n3ncc(Cl)c(Cl)c3=O)CC2)cn1.NCC1CCCOC1. The Kier molecular flexibility index (Phi) is 13.4. The smallest absolute Gasteiger partial charge is 0.303 e. The largest absolute Gasteiger partial charge is 0.381 e. The van der Waals surface area contributed by atoms with Crippen LogP contribution in [-0.2, 0) is 14.9 Å². The summed E-state index contributed by atoms with van der Waals surface area (Å²) in [7, 11) is 1.50. The van der Waals surface area contributed by atoms with Gasteiger partial charge in [-0.3, -0.25) is 9.10 Å². The molecule has 0 bridgehead atoms. The van der Waals surface area contributed by atoms with Crippen molar-refractivity contribution >= 4 is 44.9 Å². The van der Waals surface area contributed by atoms with Crippen molar-refractivity contribution in [2.24, 2.45) is 11.7 Å². The van der Waals surface area contributed by atoms with Crippen LogP contribution in [0.25, 0.3) is 0 Å². The molecule has 14 heteroatoms. The number of piperidine rings is 1. The average molecular weight is 607 g/mol. The summed E-state index contributed by atoms with van der Waals surface area (Å²) in [5.74, 6) is 1.38. The van der Waals surface area contributed by atoms with E-state index in [1.54, 1.807) is 12.1 Å². The molecule has 11 nitrogen and oxygen atoms in total. The minimum atomic E-state index is -3.72. The first-order chi connectivity index (χ1) is 18.6. The second kappa shape index (κ2) is 15.7. The highest BCUT2D eigenvalue weighted by Crippen LogP contribution is 2.27. The Labute approximate surface area is 242 Å². The zero-order valence-corrected chi connectivity index (χ0v) is 25.7. The van der Waals surface area contributed by atoms with Crippen LogP contribution in [0.5, 0.6) is 0 Å². The molecule has 0 saturated carbocycles. The van der Waals surface area contributed by atoms with Gasteiger partial charge in [0.05, 0.1) is 35.8 Å². The summed E-state index contributed by atoms with van der Waals surface area (Å²) in [5, 5.41) is 4.07. The van der Waals surface area contributed by atoms with Crippen LogP contribution in [0, 0.1) is 5.92 Å². The van der Waals surface area contributed by atoms with Crippen molar-refractivity contribution in [1.29, 1.82) is 0 Å². The number of hydrogen-bond acceptors (Lipinski definition) is 8. The summed E-state index contributed by atoms with van der Waals surface area (Å²) in [4.78, 5) is 18.4. The van der Waals surface area contributed by atoms with Crippen molar-refractivity contribution < 1.29 is 13.2 Å². The van der Waals surface area contributed by atoms with E-state index in [2.05, 4.69) is 10.1 Å². The van der Waals surface area contributed by atoms with E-state index < -0.39 is 15.8 Å². The van der Waals surface area contributed by atoms with Gasteiger partial charge in [0, 0.05) is 40.8 Å². The van der Waals surface area contributed by atoms with Crippen molar-refractivity contribution in [3.63, 3.8) is 0 Å². The van der Waals surface area contributed by atoms with Gasteiger partial charge in [-0.25, -0.2) is 9.67 Å². The number of rotatable bonds is 6. The van der Waals surface area contributed by atoms with E-state index in [0.29, 0.717) is 24.4 Å². The Hall–Kier alpha value is -1.96. The van der Waals surface area contributed by atoms with E-state index in [-0.39, 0.29) is 29.2 Å². The molecule has 1 atom stereocenters. The zero-order valence-electron chi connectivity index (χ0n) is 23.4. The van der Waals surface area contributed by atoms with Crippen LogP contribution in [0.1, 0.15) is 45.6 Å². The van der Waals surface area contributed by atoms with Crippen molar-refractivity contribution in [2.75, 3.05) is 63.2 Å². The molecule has 2 aromatic heterocycles. The molecular weight excluding hydrogens is 565 g/mol. The van der Waals surface area contributed by atoms with E-state index in [4.69, 9.17) is 33.7 Å². The molecule has 0 amide bonds. The number of anilines is 2. The number of halogens is 2. The highest BCUT2D eigenvalue weighted by Gasteiger charge is 2.33. The van der Waals surface area contributed by atoms with E-state index >= 15 is 0 Å². The van der Waals surface area contributed by atoms with Crippen LogP contribution in [0.2, 0.25) is 10.0 Å². The molecular formula is C25H41Cl2N7O4S.